The van der Waals surface area contributed by atoms with Gasteiger partial charge in [0.05, 0.1) is 0 Å². The Hall–Kier alpha value is -0.300. The van der Waals surface area contributed by atoms with E-state index in [4.69, 9.17) is 0 Å². The number of hydrogen-bond donors (Lipinski definition) is 0. The summed E-state index contributed by atoms with van der Waals surface area (Å²) in [5, 5.41) is 0. The molecule has 1 fully saturated rings. The summed E-state index contributed by atoms with van der Waals surface area (Å²) in [6, 6.07) is 0. The van der Waals surface area contributed by atoms with Crippen molar-refractivity contribution < 1.29 is 0 Å². The van der Waals surface area contributed by atoms with Gasteiger partial charge in [-0.15, -0.1) is 0 Å². The van der Waals surface area contributed by atoms with Gasteiger partial charge in [0.1, 0.15) is 0 Å². The van der Waals surface area contributed by atoms with E-state index < -0.39 is 0 Å². The minimum atomic E-state index is 1.18. The highest BCUT2D eigenvalue weighted by molar-refractivity contribution is 4.81. The number of nitrogens with zero attached hydrogens (tertiary/aromatic N) is 1. The first-order chi connectivity index (χ1) is 5.93. The molecule has 0 bridgehead atoms. The largest absolute Gasteiger partial charge is 0.303 e. The van der Waals surface area contributed by atoms with Gasteiger partial charge < -0.3 is 4.90 Å². The zero-order valence-electron chi connectivity index (χ0n) is 8.26. The molecule has 0 saturated carbocycles. The summed E-state index contributed by atoms with van der Waals surface area (Å²) in [7, 11) is 0. The Kier molecular flexibility index (Phi) is 5.09. The Bertz CT molecular complexity index is 123. The molecule has 70 valence electrons. The van der Waals surface area contributed by atoms with Gasteiger partial charge in [-0.3, -0.25) is 0 Å². The van der Waals surface area contributed by atoms with Crippen molar-refractivity contribution in [3.8, 4) is 0 Å². The molecule has 0 aromatic carbocycles. The molecule has 0 amide bonds. The molecule has 1 nitrogen and oxygen atoms in total. The van der Waals surface area contributed by atoms with Crippen LogP contribution < -0.4 is 0 Å². The first kappa shape index (κ1) is 9.79. The Morgan fingerprint density at radius 1 is 1.08 bits per heavy atom. The number of piperidine rings is 1. The van der Waals surface area contributed by atoms with Crippen LogP contribution in [0.15, 0.2) is 12.2 Å². The molecule has 1 saturated heterocycles. The summed E-state index contributed by atoms with van der Waals surface area (Å²) < 4.78 is 0. The quantitative estimate of drug-likeness (QED) is 0.582. The summed E-state index contributed by atoms with van der Waals surface area (Å²) >= 11 is 0. The van der Waals surface area contributed by atoms with Gasteiger partial charge in [-0.2, -0.15) is 0 Å². The molecule has 12 heavy (non-hydrogen) atoms. The van der Waals surface area contributed by atoms with Gasteiger partial charge >= 0.3 is 0 Å². The Morgan fingerprint density at radius 3 is 2.50 bits per heavy atom. The average molecular weight is 167 g/mol. The van der Waals surface area contributed by atoms with Crippen molar-refractivity contribution in [2.45, 2.75) is 39.0 Å². The molecule has 0 radical (unpaired) electrons. The van der Waals surface area contributed by atoms with Crippen molar-refractivity contribution in [3.05, 3.63) is 12.2 Å². The highest BCUT2D eigenvalue weighted by Gasteiger charge is 2.07. The zero-order valence-corrected chi connectivity index (χ0v) is 8.26. The molecule has 0 spiro atoms. The lowest BCUT2D eigenvalue weighted by molar-refractivity contribution is 0.233. The van der Waals surface area contributed by atoms with Crippen LogP contribution in [0.5, 0.6) is 0 Å². The monoisotopic (exact) mass is 167 g/mol. The molecular formula is C11H21N. The standard InChI is InChI=1S/C11H21N/c1-2-3-4-6-9-12-10-7-5-8-11-12/h3-4H,2,5-11H2,1H3/b4-3+. The maximum atomic E-state index is 2.59. The van der Waals surface area contributed by atoms with E-state index in [1.54, 1.807) is 0 Å². The number of likely N-dealkylation sites (tertiary alicyclic amines) is 1. The molecule has 0 unspecified atom stereocenters. The zero-order chi connectivity index (χ0) is 8.65. The number of allylic oxidation sites excluding steroid dienone is 1. The van der Waals surface area contributed by atoms with E-state index in [1.807, 2.05) is 0 Å². The van der Waals surface area contributed by atoms with Gasteiger partial charge in [-0.25, -0.2) is 0 Å². The molecule has 1 heteroatoms. The van der Waals surface area contributed by atoms with Crippen LogP contribution in [0.1, 0.15) is 39.0 Å². The van der Waals surface area contributed by atoms with E-state index in [-0.39, 0.29) is 0 Å². The van der Waals surface area contributed by atoms with Gasteiger partial charge in [0.15, 0.2) is 0 Å². The number of rotatable bonds is 4. The van der Waals surface area contributed by atoms with Crippen molar-refractivity contribution >= 4 is 0 Å². The SMILES string of the molecule is CC/C=C/CCN1CCCCC1. The summed E-state index contributed by atoms with van der Waals surface area (Å²) in [5.74, 6) is 0. The molecule has 1 aliphatic heterocycles. The fraction of sp³-hybridized carbons (Fsp3) is 0.818. The lowest BCUT2D eigenvalue weighted by atomic mass is 10.1. The molecule has 0 aromatic rings. The minimum absolute atomic E-state index is 1.18. The fourth-order valence-corrected chi connectivity index (χ4v) is 1.72. The Morgan fingerprint density at radius 2 is 1.83 bits per heavy atom. The first-order valence-electron chi connectivity index (χ1n) is 5.31. The molecule has 0 aromatic heterocycles. The van der Waals surface area contributed by atoms with E-state index in [0.717, 1.165) is 0 Å². The molecule has 0 atom stereocenters. The third-order valence-corrected chi connectivity index (χ3v) is 2.46. The molecular weight excluding hydrogens is 146 g/mol. The van der Waals surface area contributed by atoms with Crippen LogP contribution in [-0.4, -0.2) is 24.5 Å². The maximum absolute atomic E-state index is 2.59. The van der Waals surface area contributed by atoms with Crippen molar-refractivity contribution in [2.24, 2.45) is 0 Å². The van der Waals surface area contributed by atoms with Crippen LogP contribution in [0.25, 0.3) is 0 Å². The van der Waals surface area contributed by atoms with Crippen LogP contribution in [0, 0.1) is 0 Å². The third kappa shape index (κ3) is 3.91. The van der Waals surface area contributed by atoms with Crippen LogP contribution in [0.3, 0.4) is 0 Å². The van der Waals surface area contributed by atoms with E-state index in [2.05, 4.69) is 24.0 Å². The van der Waals surface area contributed by atoms with Gasteiger partial charge in [0.2, 0.25) is 0 Å². The second-order valence-corrected chi connectivity index (χ2v) is 3.57. The molecule has 0 aliphatic carbocycles. The van der Waals surface area contributed by atoms with Crippen molar-refractivity contribution in [2.75, 3.05) is 19.6 Å². The fourth-order valence-electron chi connectivity index (χ4n) is 1.72. The minimum Gasteiger partial charge on any atom is -0.303 e. The lowest BCUT2D eigenvalue weighted by Crippen LogP contribution is -2.30. The van der Waals surface area contributed by atoms with Crippen molar-refractivity contribution in [1.29, 1.82) is 0 Å². The lowest BCUT2D eigenvalue weighted by Gasteiger charge is -2.25. The molecule has 0 N–H and O–H groups in total. The highest BCUT2D eigenvalue weighted by Crippen LogP contribution is 2.08. The second kappa shape index (κ2) is 6.24. The van der Waals surface area contributed by atoms with Gasteiger partial charge in [0.25, 0.3) is 0 Å². The van der Waals surface area contributed by atoms with Gasteiger partial charge in [-0.05, 0) is 38.8 Å². The van der Waals surface area contributed by atoms with Gasteiger partial charge in [0, 0.05) is 6.54 Å². The van der Waals surface area contributed by atoms with Crippen molar-refractivity contribution in [3.63, 3.8) is 0 Å². The van der Waals surface area contributed by atoms with Crippen LogP contribution in [0.2, 0.25) is 0 Å². The Labute approximate surface area is 76.5 Å². The van der Waals surface area contributed by atoms with E-state index in [1.165, 1.54) is 51.7 Å². The third-order valence-electron chi connectivity index (χ3n) is 2.46. The van der Waals surface area contributed by atoms with Crippen LogP contribution in [-0.2, 0) is 0 Å². The van der Waals surface area contributed by atoms with Gasteiger partial charge in [-0.1, -0.05) is 25.5 Å². The van der Waals surface area contributed by atoms with Crippen LogP contribution in [0.4, 0.5) is 0 Å². The topological polar surface area (TPSA) is 3.24 Å². The predicted molar refractivity (Wildman–Crippen MR) is 54.3 cm³/mol. The first-order valence-corrected chi connectivity index (χ1v) is 5.31. The van der Waals surface area contributed by atoms with Crippen LogP contribution >= 0.6 is 0 Å². The summed E-state index contributed by atoms with van der Waals surface area (Å²) in [6.07, 6.45) is 11.3. The molecule has 1 aliphatic rings. The second-order valence-electron chi connectivity index (χ2n) is 3.57. The molecule has 1 rings (SSSR count). The van der Waals surface area contributed by atoms with E-state index in [9.17, 15) is 0 Å². The van der Waals surface area contributed by atoms with E-state index in [0.29, 0.717) is 0 Å². The normalized spacial score (nSPS) is 20.4. The Balaban J connectivity index is 2.01. The molecule has 1 heterocycles. The van der Waals surface area contributed by atoms with Crippen molar-refractivity contribution in [1.82, 2.24) is 4.90 Å². The number of hydrogen-bond acceptors (Lipinski definition) is 1. The summed E-state index contributed by atoms with van der Waals surface area (Å²) in [5.41, 5.74) is 0. The summed E-state index contributed by atoms with van der Waals surface area (Å²) in [4.78, 5) is 2.59. The highest BCUT2D eigenvalue weighted by atomic mass is 15.1. The summed E-state index contributed by atoms with van der Waals surface area (Å²) in [6.45, 7) is 6.13. The predicted octanol–water partition coefficient (Wildman–Crippen LogP) is 2.83. The average Bonchev–Trinajstić information content (AvgIpc) is 2.14. The smallest absolute Gasteiger partial charge is 0.00159 e. The maximum Gasteiger partial charge on any atom is 0.00159 e. The van der Waals surface area contributed by atoms with E-state index >= 15 is 0 Å².